The molecule has 0 bridgehead atoms. The van der Waals surface area contributed by atoms with Crippen molar-refractivity contribution in [3.8, 4) is 0 Å². The molecule has 0 saturated heterocycles. The summed E-state index contributed by atoms with van der Waals surface area (Å²) < 4.78 is 3.72. The average Bonchev–Trinajstić information content (AvgIpc) is 3.06. The van der Waals surface area contributed by atoms with Crippen molar-refractivity contribution in [2.24, 2.45) is 0 Å². The summed E-state index contributed by atoms with van der Waals surface area (Å²) in [6.07, 6.45) is 1.62. The Bertz CT molecular complexity index is 1450. The number of aryl methyl sites for hydroxylation is 1. The average molecular weight is 414 g/mol. The van der Waals surface area contributed by atoms with Crippen LogP contribution in [-0.4, -0.2) is 14.1 Å². The van der Waals surface area contributed by atoms with E-state index >= 15 is 0 Å². The quantitative estimate of drug-likeness (QED) is 0.395. The lowest BCUT2D eigenvalue weighted by molar-refractivity contribution is 0.737. The summed E-state index contributed by atoms with van der Waals surface area (Å²) in [5.41, 5.74) is 5.54. The number of rotatable bonds is 4. The summed E-state index contributed by atoms with van der Waals surface area (Å²) in [4.78, 5) is 18.2. The maximum absolute atomic E-state index is 13.6. The van der Waals surface area contributed by atoms with Crippen LogP contribution in [0.2, 0.25) is 5.02 Å². The highest BCUT2D eigenvalue weighted by molar-refractivity contribution is 6.31. The summed E-state index contributed by atoms with van der Waals surface area (Å²) in [5.74, 6) is 0. The van der Waals surface area contributed by atoms with Crippen molar-refractivity contribution < 1.29 is 0 Å². The van der Waals surface area contributed by atoms with Crippen molar-refractivity contribution in [1.29, 1.82) is 0 Å². The Balaban J connectivity index is 1.72. The van der Waals surface area contributed by atoms with Gasteiger partial charge in [0, 0.05) is 17.0 Å². The van der Waals surface area contributed by atoms with Gasteiger partial charge in [-0.25, -0.2) is 4.98 Å². The van der Waals surface area contributed by atoms with Crippen LogP contribution in [0.1, 0.15) is 16.7 Å². The third-order valence-corrected chi connectivity index (χ3v) is 5.82. The second-order valence-electron chi connectivity index (χ2n) is 7.56. The fraction of sp³-hybridized carbons (Fsp3) is 0.120. The molecular formula is C25H20ClN3O. The van der Waals surface area contributed by atoms with Gasteiger partial charge in [0.25, 0.3) is 5.56 Å². The van der Waals surface area contributed by atoms with Crippen LogP contribution in [0.3, 0.4) is 0 Å². The second kappa shape index (κ2) is 7.47. The monoisotopic (exact) mass is 413 g/mol. The van der Waals surface area contributed by atoms with Gasteiger partial charge >= 0.3 is 0 Å². The molecule has 2 heterocycles. The van der Waals surface area contributed by atoms with E-state index in [0.717, 1.165) is 27.5 Å². The van der Waals surface area contributed by atoms with Gasteiger partial charge < -0.3 is 4.57 Å². The number of aromatic nitrogens is 3. The number of fused-ring (bicyclic) bond motifs is 3. The van der Waals surface area contributed by atoms with E-state index in [2.05, 4.69) is 34.7 Å². The van der Waals surface area contributed by atoms with E-state index in [1.807, 2.05) is 54.6 Å². The topological polar surface area (TPSA) is 39.8 Å². The molecule has 148 valence electrons. The smallest absolute Gasteiger partial charge is 0.278 e. The lowest BCUT2D eigenvalue weighted by Gasteiger charge is -2.10. The molecule has 2 aromatic heterocycles. The lowest BCUT2D eigenvalue weighted by Crippen LogP contribution is -2.23. The molecule has 3 aromatic carbocycles. The van der Waals surface area contributed by atoms with Gasteiger partial charge in [0.1, 0.15) is 11.0 Å². The predicted octanol–water partition coefficient (Wildman–Crippen LogP) is 5.41. The largest absolute Gasteiger partial charge is 0.330 e. The van der Waals surface area contributed by atoms with Gasteiger partial charge in [0.2, 0.25) is 0 Å². The van der Waals surface area contributed by atoms with Crippen molar-refractivity contribution in [1.82, 2.24) is 14.1 Å². The van der Waals surface area contributed by atoms with Crippen LogP contribution in [0, 0.1) is 6.92 Å². The molecule has 0 N–H and O–H groups in total. The van der Waals surface area contributed by atoms with E-state index in [9.17, 15) is 4.79 Å². The first kappa shape index (κ1) is 18.6. The molecule has 5 heteroatoms. The minimum absolute atomic E-state index is 0.0660. The zero-order valence-electron chi connectivity index (χ0n) is 16.5. The number of halogens is 1. The highest BCUT2D eigenvalue weighted by atomic mass is 35.5. The Morgan fingerprint density at radius 3 is 2.57 bits per heavy atom. The van der Waals surface area contributed by atoms with Crippen LogP contribution in [-0.2, 0) is 13.1 Å². The van der Waals surface area contributed by atoms with E-state index < -0.39 is 0 Å². The van der Waals surface area contributed by atoms with Gasteiger partial charge in [0.15, 0.2) is 0 Å². The Hall–Kier alpha value is -3.37. The van der Waals surface area contributed by atoms with Crippen molar-refractivity contribution in [2.75, 3.05) is 0 Å². The molecule has 0 saturated carbocycles. The summed E-state index contributed by atoms with van der Waals surface area (Å²) in [5, 5.41) is 1.63. The van der Waals surface area contributed by atoms with Crippen molar-refractivity contribution in [3.05, 3.63) is 111 Å². The van der Waals surface area contributed by atoms with E-state index in [4.69, 9.17) is 11.6 Å². The minimum Gasteiger partial charge on any atom is -0.330 e. The standard InChI is InChI=1S/C25H20ClN3O/c1-17-7-6-8-18(13-17)14-29-22-12-5-3-10-20(22)23-24(29)25(30)28(16-27-23)15-19-9-2-4-11-21(19)26/h2-13,16H,14-15H2,1H3. The Labute approximate surface area is 179 Å². The van der Waals surface area contributed by atoms with Gasteiger partial charge in [-0.15, -0.1) is 0 Å². The van der Waals surface area contributed by atoms with E-state index in [0.29, 0.717) is 23.6 Å². The fourth-order valence-electron chi connectivity index (χ4n) is 4.03. The van der Waals surface area contributed by atoms with Crippen molar-refractivity contribution >= 4 is 33.5 Å². The molecule has 5 aromatic rings. The van der Waals surface area contributed by atoms with Crippen LogP contribution in [0.4, 0.5) is 0 Å². The van der Waals surface area contributed by atoms with Crippen molar-refractivity contribution in [3.63, 3.8) is 0 Å². The van der Waals surface area contributed by atoms with E-state index in [-0.39, 0.29) is 5.56 Å². The molecule has 0 aliphatic carbocycles. The first-order valence-corrected chi connectivity index (χ1v) is 10.2. The Kier molecular flexibility index (Phi) is 4.64. The van der Waals surface area contributed by atoms with Crippen molar-refractivity contribution in [2.45, 2.75) is 20.0 Å². The molecular weight excluding hydrogens is 394 g/mol. The summed E-state index contributed by atoms with van der Waals surface area (Å²) in [7, 11) is 0. The number of para-hydroxylation sites is 1. The molecule has 0 aliphatic rings. The van der Waals surface area contributed by atoms with Crippen LogP contribution < -0.4 is 5.56 Å². The highest BCUT2D eigenvalue weighted by Gasteiger charge is 2.17. The SMILES string of the molecule is Cc1cccc(Cn2c3ccccc3c3ncn(Cc4ccccc4Cl)c(=O)c32)c1. The minimum atomic E-state index is -0.0660. The second-order valence-corrected chi connectivity index (χ2v) is 7.97. The predicted molar refractivity (Wildman–Crippen MR) is 122 cm³/mol. The number of nitrogens with zero attached hydrogens (tertiary/aromatic N) is 3. The zero-order valence-corrected chi connectivity index (χ0v) is 17.3. The third kappa shape index (κ3) is 3.19. The van der Waals surface area contributed by atoms with E-state index in [1.165, 1.54) is 5.56 Å². The number of benzene rings is 3. The molecule has 4 nitrogen and oxygen atoms in total. The maximum Gasteiger partial charge on any atom is 0.278 e. The molecule has 0 atom stereocenters. The normalized spacial score (nSPS) is 11.4. The Morgan fingerprint density at radius 1 is 0.933 bits per heavy atom. The first-order valence-electron chi connectivity index (χ1n) is 9.87. The molecule has 0 fully saturated rings. The van der Waals surface area contributed by atoms with Crippen LogP contribution in [0.25, 0.3) is 21.9 Å². The summed E-state index contributed by atoms with van der Waals surface area (Å²) in [6, 6.07) is 24.0. The van der Waals surface area contributed by atoms with Crippen LogP contribution in [0.5, 0.6) is 0 Å². The van der Waals surface area contributed by atoms with Gasteiger partial charge in [0.05, 0.1) is 18.4 Å². The highest BCUT2D eigenvalue weighted by Crippen LogP contribution is 2.26. The van der Waals surface area contributed by atoms with Gasteiger partial charge in [-0.1, -0.05) is 77.8 Å². The van der Waals surface area contributed by atoms with Crippen LogP contribution in [0.15, 0.2) is 83.9 Å². The number of hydrogen-bond acceptors (Lipinski definition) is 2. The molecule has 0 amide bonds. The molecule has 30 heavy (non-hydrogen) atoms. The van der Waals surface area contributed by atoms with Gasteiger partial charge in [-0.05, 0) is 30.2 Å². The molecule has 5 rings (SSSR count). The lowest BCUT2D eigenvalue weighted by atomic mass is 10.1. The molecule has 0 spiro atoms. The summed E-state index contributed by atoms with van der Waals surface area (Å²) >= 11 is 6.32. The van der Waals surface area contributed by atoms with Crippen LogP contribution >= 0.6 is 11.6 Å². The molecule has 0 aliphatic heterocycles. The molecule has 0 radical (unpaired) electrons. The maximum atomic E-state index is 13.6. The van der Waals surface area contributed by atoms with E-state index in [1.54, 1.807) is 10.9 Å². The Morgan fingerprint density at radius 2 is 1.73 bits per heavy atom. The molecule has 0 unspecified atom stereocenters. The van der Waals surface area contributed by atoms with Gasteiger partial charge in [-0.2, -0.15) is 0 Å². The first-order chi connectivity index (χ1) is 14.6. The fourth-order valence-corrected chi connectivity index (χ4v) is 4.22. The van der Waals surface area contributed by atoms with Gasteiger partial charge in [-0.3, -0.25) is 9.36 Å². The number of hydrogen-bond donors (Lipinski definition) is 0. The third-order valence-electron chi connectivity index (χ3n) is 5.46. The zero-order chi connectivity index (χ0) is 20.7. The summed E-state index contributed by atoms with van der Waals surface area (Å²) in [6.45, 7) is 3.07.